The molecule has 0 aliphatic carbocycles. The average molecular weight is 235 g/mol. The van der Waals surface area contributed by atoms with Crippen molar-refractivity contribution in [1.82, 2.24) is 0 Å². The Morgan fingerprint density at radius 2 is 1.64 bits per heavy atom. The fourth-order valence-electron chi connectivity index (χ4n) is 1.07. The minimum absolute atomic E-state index is 0. The van der Waals surface area contributed by atoms with Crippen LogP contribution in [0, 0.1) is 6.07 Å². The topological polar surface area (TPSA) is 0 Å². The summed E-state index contributed by atoms with van der Waals surface area (Å²) in [5.74, 6) is 0. The van der Waals surface area contributed by atoms with Crippen LogP contribution in [0.4, 0.5) is 0 Å². The van der Waals surface area contributed by atoms with Gasteiger partial charge in [0.2, 0.25) is 0 Å². The van der Waals surface area contributed by atoms with Gasteiger partial charge in [-0.1, -0.05) is 36.4 Å². The molecule has 1 heteroatoms. The van der Waals surface area contributed by atoms with Crippen LogP contribution in [0.1, 0.15) is 0 Å². The number of hydrogen-bond acceptors (Lipinski definition) is 0. The molecule has 0 heterocycles. The Kier molecular flexibility index (Phi) is 2.89. The normalized spacial score (nSPS) is 9.09. The summed E-state index contributed by atoms with van der Waals surface area (Å²) in [7, 11) is 0. The molecule has 0 N–H and O–H groups in total. The van der Waals surface area contributed by atoms with Gasteiger partial charge in [0.1, 0.15) is 0 Å². The summed E-state index contributed by atoms with van der Waals surface area (Å²) in [5.41, 5.74) is 0. The van der Waals surface area contributed by atoms with Crippen LogP contribution in [0.5, 0.6) is 0 Å². The molecular formula is C10H7Ag. The molecule has 0 nitrogen and oxygen atoms in total. The van der Waals surface area contributed by atoms with Crippen LogP contribution in [0.2, 0.25) is 0 Å². The number of benzene rings is 2. The molecule has 0 fully saturated rings. The van der Waals surface area contributed by atoms with Gasteiger partial charge < -0.3 is 0 Å². The molecule has 11 heavy (non-hydrogen) atoms. The second-order valence-electron chi connectivity index (χ2n) is 2.27. The van der Waals surface area contributed by atoms with E-state index in [1.807, 2.05) is 24.3 Å². The smallest absolute Gasteiger partial charge is 0 e. The van der Waals surface area contributed by atoms with Crippen molar-refractivity contribution >= 4 is 10.8 Å². The first-order valence-electron chi connectivity index (χ1n) is 3.32. The zero-order valence-corrected chi connectivity index (χ0v) is 7.33. The van der Waals surface area contributed by atoms with E-state index in [2.05, 4.69) is 24.3 Å². The van der Waals surface area contributed by atoms with Gasteiger partial charge in [0, 0.05) is 22.4 Å². The third-order valence-electron chi connectivity index (χ3n) is 1.59. The second-order valence-corrected chi connectivity index (χ2v) is 2.27. The van der Waals surface area contributed by atoms with Gasteiger partial charge in [-0.15, -0.1) is 0 Å². The monoisotopic (exact) mass is 234 g/mol. The maximum absolute atomic E-state index is 3.04. The molecule has 2 rings (SSSR count). The first-order chi connectivity index (χ1) is 4.97. The van der Waals surface area contributed by atoms with E-state index < -0.39 is 0 Å². The molecule has 2 aromatic rings. The molecule has 0 saturated carbocycles. The minimum Gasteiger partial charge on any atom is -0.0616 e. The third-order valence-corrected chi connectivity index (χ3v) is 1.59. The molecule has 0 atom stereocenters. The molecule has 0 aliphatic rings. The van der Waals surface area contributed by atoms with E-state index in [0.29, 0.717) is 0 Å². The number of hydrogen-bond donors (Lipinski definition) is 0. The molecule has 0 amide bonds. The standard InChI is InChI=1S/C10H7.Ag/c1-2-6-10-8-4-3-7-9(10)5-1;/h1-3,5-8H;. The first-order valence-corrected chi connectivity index (χ1v) is 3.32. The predicted molar refractivity (Wildman–Crippen MR) is 42.8 cm³/mol. The van der Waals surface area contributed by atoms with Crippen molar-refractivity contribution in [2.24, 2.45) is 0 Å². The summed E-state index contributed by atoms with van der Waals surface area (Å²) < 4.78 is 0. The van der Waals surface area contributed by atoms with E-state index in [4.69, 9.17) is 0 Å². The van der Waals surface area contributed by atoms with Crippen molar-refractivity contribution in [3.63, 3.8) is 0 Å². The number of rotatable bonds is 0. The zero-order valence-electron chi connectivity index (χ0n) is 5.84. The van der Waals surface area contributed by atoms with Crippen molar-refractivity contribution in [3.05, 3.63) is 48.5 Å². The predicted octanol–water partition coefficient (Wildman–Crippen LogP) is 2.64. The third kappa shape index (κ3) is 1.72. The maximum Gasteiger partial charge on any atom is 0 e. The average Bonchev–Trinajstić information content (AvgIpc) is 2.05. The van der Waals surface area contributed by atoms with Crippen LogP contribution in [0.15, 0.2) is 42.5 Å². The summed E-state index contributed by atoms with van der Waals surface area (Å²) in [4.78, 5) is 0. The van der Waals surface area contributed by atoms with E-state index in [-0.39, 0.29) is 22.4 Å². The van der Waals surface area contributed by atoms with Gasteiger partial charge >= 0.3 is 0 Å². The fraction of sp³-hybridized carbons (Fsp3) is 0. The van der Waals surface area contributed by atoms with Crippen LogP contribution in [-0.4, -0.2) is 0 Å². The molecule has 0 bridgehead atoms. The molecule has 0 spiro atoms. The Hall–Kier alpha value is -0.560. The van der Waals surface area contributed by atoms with Gasteiger partial charge in [0.05, 0.1) is 0 Å². The van der Waals surface area contributed by atoms with E-state index >= 15 is 0 Å². The Bertz CT molecular complexity index is 276. The SMILES string of the molecule is [Ag].[c]1ccc2ccccc2c1. The second kappa shape index (κ2) is 3.72. The molecule has 2 radical (unpaired) electrons. The summed E-state index contributed by atoms with van der Waals surface area (Å²) in [6, 6.07) is 17.3. The summed E-state index contributed by atoms with van der Waals surface area (Å²) in [6.45, 7) is 0. The molecule has 0 unspecified atom stereocenters. The van der Waals surface area contributed by atoms with Gasteiger partial charge in [0.25, 0.3) is 0 Å². The first kappa shape index (κ1) is 8.54. The van der Waals surface area contributed by atoms with Crippen LogP contribution >= 0.6 is 0 Å². The Morgan fingerprint density at radius 1 is 0.909 bits per heavy atom. The van der Waals surface area contributed by atoms with Crippen molar-refractivity contribution < 1.29 is 22.4 Å². The van der Waals surface area contributed by atoms with Gasteiger partial charge in [-0.3, -0.25) is 0 Å². The maximum atomic E-state index is 3.04. The van der Waals surface area contributed by atoms with Crippen LogP contribution in [-0.2, 0) is 22.4 Å². The van der Waals surface area contributed by atoms with E-state index in [1.165, 1.54) is 10.8 Å². The van der Waals surface area contributed by atoms with Gasteiger partial charge in [-0.2, -0.15) is 0 Å². The van der Waals surface area contributed by atoms with Crippen LogP contribution in [0.25, 0.3) is 10.8 Å². The van der Waals surface area contributed by atoms with Gasteiger partial charge in [0.15, 0.2) is 0 Å². The van der Waals surface area contributed by atoms with E-state index in [0.717, 1.165) is 0 Å². The van der Waals surface area contributed by atoms with Crippen molar-refractivity contribution in [3.8, 4) is 0 Å². The molecule has 0 aliphatic heterocycles. The van der Waals surface area contributed by atoms with Gasteiger partial charge in [-0.25, -0.2) is 0 Å². The Balaban J connectivity index is 0.000000605. The largest absolute Gasteiger partial charge is 0.0616 e. The summed E-state index contributed by atoms with van der Waals surface area (Å²) in [6.07, 6.45) is 0. The van der Waals surface area contributed by atoms with Crippen LogP contribution in [0.3, 0.4) is 0 Å². The molecular weight excluding hydrogens is 228 g/mol. The molecule has 0 saturated heterocycles. The van der Waals surface area contributed by atoms with E-state index in [9.17, 15) is 0 Å². The Morgan fingerprint density at radius 3 is 2.36 bits per heavy atom. The van der Waals surface area contributed by atoms with E-state index in [1.54, 1.807) is 0 Å². The molecule has 2 aromatic carbocycles. The van der Waals surface area contributed by atoms with Crippen molar-refractivity contribution in [2.75, 3.05) is 0 Å². The fourth-order valence-corrected chi connectivity index (χ4v) is 1.07. The zero-order chi connectivity index (χ0) is 6.81. The van der Waals surface area contributed by atoms with Gasteiger partial charge in [-0.05, 0) is 22.9 Å². The quantitative estimate of drug-likeness (QED) is 0.615. The molecule has 0 aromatic heterocycles. The summed E-state index contributed by atoms with van der Waals surface area (Å²) >= 11 is 0. The van der Waals surface area contributed by atoms with Crippen molar-refractivity contribution in [2.45, 2.75) is 0 Å². The summed E-state index contributed by atoms with van der Waals surface area (Å²) in [5, 5.41) is 2.53. The molecule has 58 valence electrons. The van der Waals surface area contributed by atoms with Crippen molar-refractivity contribution in [1.29, 1.82) is 0 Å². The Labute approximate surface area is 81.7 Å². The minimum atomic E-state index is 0. The number of fused-ring (bicyclic) bond motifs is 1. The van der Waals surface area contributed by atoms with Crippen LogP contribution < -0.4 is 0 Å².